The van der Waals surface area contributed by atoms with Gasteiger partial charge in [0.2, 0.25) is 0 Å². The number of fused-ring (bicyclic) bond motifs is 7. The molecule has 3 heteroatoms. The van der Waals surface area contributed by atoms with Crippen LogP contribution >= 0.6 is 11.3 Å². The summed E-state index contributed by atoms with van der Waals surface area (Å²) in [6, 6.07) is 66.2. The summed E-state index contributed by atoms with van der Waals surface area (Å²) in [5.74, 6) is 0. The van der Waals surface area contributed by atoms with Crippen LogP contribution in [0.25, 0.3) is 108 Å². The number of pyridine rings is 1. The maximum Gasteiger partial charge on any atom is 0.124 e. The second-order valence-electron chi connectivity index (χ2n) is 14.2. The first-order valence-electron chi connectivity index (χ1n) is 18.6. The van der Waals surface area contributed by atoms with E-state index in [-0.39, 0.29) is 0 Å². The summed E-state index contributed by atoms with van der Waals surface area (Å²) >= 11 is 1.77. The Labute approximate surface area is 322 Å². The molecular formula is C52H32N2S. The average molecular weight is 717 g/mol. The standard InChI is InChI=1S/C52H32N2S/c1-3-16-41-37(11-1)28-47(45-20-7-5-18-43(41)45)40-30-49(48-29-38-12-2-4-17-42(38)44-19-6-8-21-46(44)48)51-50(31-40)55-52(54-51)34-24-22-33(23-25-34)35-13-9-14-36(27-35)39-15-10-26-53-32-39/h1-32H. The van der Waals surface area contributed by atoms with Gasteiger partial charge in [-0.1, -0.05) is 146 Å². The molecule has 0 radical (unpaired) electrons. The Balaban J connectivity index is 1.11. The Kier molecular flexibility index (Phi) is 7.39. The van der Waals surface area contributed by atoms with Gasteiger partial charge in [-0.15, -0.1) is 11.3 Å². The lowest BCUT2D eigenvalue weighted by molar-refractivity contribution is 1.33. The van der Waals surface area contributed by atoms with Crippen molar-refractivity contribution >= 4 is 64.6 Å². The van der Waals surface area contributed by atoms with Crippen molar-refractivity contribution in [3.05, 3.63) is 194 Å². The Morgan fingerprint density at radius 1 is 0.345 bits per heavy atom. The molecule has 0 atom stereocenters. The zero-order valence-corrected chi connectivity index (χ0v) is 30.6. The van der Waals surface area contributed by atoms with Gasteiger partial charge in [-0.3, -0.25) is 4.98 Å². The van der Waals surface area contributed by atoms with E-state index in [1.165, 1.54) is 75.6 Å². The fourth-order valence-electron chi connectivity index (χ4n) is 8.30. The minimum Gasteiger partial charge on any atom is -0.264 e. The van der Waals surface area contributed by atoms with Gasteiger partial charge in [0.25, 0.3) is 0 Å². The zero-order valence-electron chi connectivity index (χ0n) is 29.8. The molecule has 0 fully saturated rings. The lowest BCUT2D eigenvalue weighted by Crippen LogP contribution is -1.89. The fraction of sp³-hybridized carbons (Fsp3) is 0. The second-order valence-corrected chi connectivity index (χ2v) is 15.2. The van der Waals surface area contributed by atoms with Gasteiger partial charge in [0.1, 0.15) is 5.01 Å². The summed E-state index contributed by atoms with van der Waals surface area (Å²) in [6.07, 6.45) is 3.73. The molecule has 9 aromatic carbocycles. The van der Waals surface area contributed by atoms with Gasteiger partial charge in [-0.05, 0) is 113 Å². The lowest BCUT2D eigenvalue weighted by atomic mass is 9.89. The third-order valence-corrected chi connectivity index (χ3v) is 12.0. The number of benzene rings is 9. The Bertz CT molecular complexity index is 3250. The molecule has 0 amide bonds. The number of hydrogen-bond donors (Lipinski definition) is 0. The molecule has 0 aliphatic heterocycles. The molecule has 256 valence electrons. The van der Waals surface area contributed by atoms with Crippen LogP contribution in [-0.2, 0) is 0 Å². The Hall–Kier alpha value is -6.94. The molecule has 11 rings (SSSR count). The smallest absolute Gasteiger partial charge is 0.124 e. The van der Waals surface area contributed by atoms with E-state index in [1.807, 2.05) is 18.5 Å². The van der Waals surface area contributed by atoms with Crippen molar-refractivity contribution in [2.75, 3.05) is 0 Å². The highest BCUT2D eigenvalue weighted by molar-refractivity contribution is 7.21. The van der Waals surface area contributed by atoms with E-state index in [9.17, 15) is 0 Å². The van der Waals surface area contributed by atoms with E-state index in [0.717, 1.165) is 32.8 Å². The molecule has 0 saturated carbocycles. The summed E-state index contributed by atoms with van der Waals surface area (Å²) in [6.45, 7) is 0. The third kappa shape index (κ3) is 5.40. The molecule has 2 aromatic heterocycles. The van der Waals surface area contributed by atoms with Crippen LogP contribution < -0.4 is 0 Å². The van der Waals surface area contributed by atoms with Crippen LogP contribution in [0.5, 0.6) is 0 Å². The fourth-order valence-corrected chi connectivity index (χ4v) is 9.34. The SMILES string of the molecule is c1cncc(-c2cccc(-c3ccc(-c4nc5c(-c6cc7ccccc7c7ccccc67)cc(-c6cc7ccccc7c7ccccc67)cc5s4)cc3)c2)c1. The molecule has 0 bridgehead atoms. The van der Waals surface area contributed by atoms with E-state index in [4.69, 9.17) is 4.98 Å². The van der Waals surface area contributed by atoms with Crippen molar-refractivity contribution in [3.63, 3.8) is 0 Å². The molecule has 2 nitrogen and oxygen atoms in total. The van der Waals surface area contributed by atoms with Crippen molar-refractivity contribution in [1.82, 2.24) is 9.97 Å². The number of thiazole rings is 1. The van der Waals surface area contributed by atoms with E-state index in [2.05, 4.69) is 181 Å². The monoisotopic (exact) mass is 716 g/mol. The molecule has 0 saturated heterocycles. The quantitative estimate of drug-likeness (QED) is 0.166. The second kappa shape index (κ2) is 12.9. The van der Waals surface area contributed by atoms with Crippen LogP contribution in [0.15, 0.2) is 194 Å². The summed E-state index contributed by atoms with van der Waals surface area (Å²) in [4.78, 5) is 9.78. The summed E-state index contributed by atoms with van der Waals surface area (Å²) < 4.78 is 1.17. The molecule has 0 unspecified atom stereocenters. The number of rotatable bonds is 5. The minimum absolute atomic E-state index is 1.01. The number of hydrogen-bond acceptors (Lipinski definition) is 3. The molecule has 0 aliphatic carbocycles. The summed E-state index contributed by atoms with van der Waals surface area (Å²) in [5.41, 5.74) is 11.5. The van der Waals surface area contributed by atoms with E-state index >= 15 is 0 Å². The molecule has 55 heavy (non-hydrogen) atoms. The Morgan fingerprint density at radius 2 is 0.909 bits per heavy atom. The van der Waals surface area contributed by atoms with Crippen molar-refractivity contribution in [1.29, 1.82) is 0 Å². The van der Waals surface area contributed by atoms with Gasteiger partial charge < -0.3 is 0 Å². The van der Waals surface area contributed by atoms with E-state index < -0.39 is 0 Å². The van der Waals surface area contributed by atoms with Gasteiger partial charge in [-0.2, -0.15) is 0 Å². The number of aromatic nitrogens is 2. The van der Waals surface area contributed by atoms with Gasteiger partial charge in [-0.25, -0.2) is 4.98 Å². The van der Waals surface area contributed by atoms with Gasteiger partial charge in [0, 0.05) is 29.1 Å². The highest BCUT2D eigenvalue weighted by atomic mass is 32.1. The minimum atomic E-state index is 1.01. The molecule has 0 N–H and O–H groups in total. The summed E-state index contributed by atoms with van der Waals surface area (Å²) in [5, 5.41) is 11.0. The van der Waals surface area contributed by atoms with Gasteiger partial charge >= 0.3 is 0 Å². The van der Waals surface area contributed by atoms with Crippen LogP contribution in [0.2, 0.25) is 0 Å². The highest BCUT2D eigenvalue weighted by Crippen LogP contribution is 2.45. The first kappa shape index (κ1) is 31.6. The zero-order chi connectivity index (χ0) is 36.3. The lowest BCUT2D eigenvalue weighted by Gasteiger charge is -2.15. The predicted molar refractivity (Wildman–Crippen MR) is 235 cm³/mol. The molecule has 2 heterocycles. The van der Waals surface area contributed by atoms with Crippen molar-refractivity contribution in [2.24, 2.45) is 0 Å². The van der Waals surface area contributed by atoms with E-state index in [1.54, 1.807) is 11.3 Å². The molecular weight excluding hydrogens is 685 g/mol. The first-order valence-corrected chi connectivity index (χ1v) is 19.4. The molecule has 11 aromatic rings. The molecule has 0 aliphatic rings. The average Bonchev–Trinajstić information content (AvgIpc) is 3.70. The van der Waals surface area contributed by atoms with Crippen molar-refractivity contribution in [3.8, 4) is 55.1 Å². The topological polar surface area (TPSA) is 25.8 Å². The van der Waals surface area contributed by atoms with Crippen molar-refractivity contribution in [2.45, 2.75) is 0 Å². The Morgan fingerprint density at radius 3 is 1.58 bits per heavy atom. The van der Waals surface area contributed by atoms with Crippen LogP contribution in [0.4, 0.5) is 0 Å². The van der Waals surface area contributed by atoms with Gasteiger partial charge in [0.05, 0.1) is 10.2 Å². The maximum atomic E-state index is 5.46. The van der Waals surface area contributed by atoms with Crippen LogP contribution in [0, 0.1) is 0 Å². The van der Waals surface area contributed by atoms with Crippen molar-refractivity contribution < 1.29 is 0 Å². The maximum absolute atomic E-state index is 5.46. The number of nitrogens with zero attached hydrogens (tertiary/aromatic N) is 2. The largest absolute Gasteiger partial charge is 0.264 e. The third-order valence-electron chi connectivity index (χ3n) is 11.0. The van der Waals surface area contributed by atoms with Gasteiger partial charge in [0.15, 0.2) is 0 Å². The van der Waals surface area contributed by atoms with Crippen LogP contribution in [0.1, 0.15) is 0 Å². The van der Waals surface area contributed by atoms with Crippen LogP contribution in [-0.4, -0.2) is 9.97 Å². The van der Waals surface area contributed by atoms with Crippen LogP contribution in [0.3, 0.4) is 0 Å². The predicted octanol–water partition coefficient (Wildman–Crippen LogP) is 14.6. The van der Waals surface area contributed by atoms with E-state index in [0.29, 0.717) is 0 Å². The first-order chi connectivity index (χ1) is 27.2. The normalized spacial score (nSPS) is 11.6. The molecule has 0 spiro atoms. The summed E-state index contributed by atoms with van der Waals surface area (Å²) in [7, 11) is 0. The highest BCUT2D eigenvalue weighted by Gasteiger charge is 2.19.